The van der Waals surface area contributed by atoms with E-state index in [1.807, 2.05) is 36.4 Å². The number of carbonyl (C=O) groups excluding carboxylic acids is 2. The Morgan fingerprint density at radius 3 is 2.80 bits per heavy atom. The van der Waals surface area contributed by atoms with E-state index in [0.29, 0.717) is 26.4 Å². The lowest BCUT2D eigenvalue weighted by atomic mass is 10.2. The minimum Gasteiger partial charge on any atom is -0.462 e. The Morgan fingerprint density at radius 1 is 1.33 bits per heavy atom. The van der Waals surface area contributed by atoms with Crippen LogP contribution in [0.1, 0.15) is 34.1 Å². The van der Waals surface area contributed by atoms with Crippen molar-refractivity contribution in [3.63, 3.8) is 0 Å². The molecule has 1 amide bonds. The van der Waals surface area contributed by atoms with Crippen LogP contribution in [0.5, 0.6) is 0 Å². The summed E-state index contributed by atoms with van der Waals surface area (Å²) in [4.78, 5) is 24.7. The van der Waals surface area contributed by atoms with E-state index < -0.39 is 5.97 Å². The number of nitrogens with zero attached hydrogens (tertiary/aromatic N) is 5. The zero-order valence-electron chi connectivity index (χ0n) is 16.3. The van der Waals surface area contributed by atoms with E-state index in [9.17, 15) is 14.9 Å². The Labute approximate surface area is 181 Å². The summed E-state index contributed by atoms with van der Waals surface area (Å²) >= 11 is 2.39. The third-order valence-electron chi connectivity index (χ3n) is 3.97. The Bertz CT molecular complexity index is 1090. The molecule has 0 aliphatic carbocycles. The lowest BCUT2D eigenvalue weighted by molar-refractivity contribution is -0.115. The second-order valence-corrected chi connectivity index (χ2v) is 8.03. The van der Waals surface area contributed by atoms with Crippen molar-refractivity contribution >= 4 is 40.0 Å². The zero-order valence-corrected chi connectivity index (χ0v) is 17.9. The van der Waals surface area contributed by atoms with Crippen molar-refractivity contribution in [2.75, 3.05) is 17.7 Å². The fraction of sp³-hybridized carbons (Fsp3) is 0.263. The Balaban J connectivity index is 1.61. The van der Waals surface area contributed by atoms with Gasteiger partial charge in [-0.1, -0.05) is 30.0 Å². The number of nitrogens with one attached hydrogen (secondary N) is 1. The van der Waals surface area contributed by atoms with Gasteiger partial charge in [0.15, 0.2) is 0 Å². The topological polar surface area (TPSA) is 123 Å². The number of hydrogen-bond donors (Lipinski definition) is 1. The summed E-state index contributed by atoms with van der Waals surface area (Å²) in [5.41, 5.74) is 1.61. The van der Waals surface area contributed by atoms with E-state index in [0.717, 1.165) is 17.0 Å². The SMILES string of the molecule is CCOC(=O)c1sc(NC(=O)CCSc2nnnn2-c2ccccc2)c(C#N)c1C. The molecule has 9 nitrogen and oxygen atoms in total. The molecule has 0 aliphatic heterocycles. The van der Waals surface area contributed by atoms with Crippen LogP contribution in [-0.4, -0.2) is 44.4 Å². The number of nitriles is 1. The molecule has 154 valence electrons. The smallest absolute Gasteiger partial charge is 0.348 e. The highest BCUT2D eigenvalue weighted by molar-refractivity contribution is 7.99. The van der Waals surface area contributed by atoms with E-state index in [4.69, 9.17) is 4.74 Å². The van der Waals surface area contributed by atoms with Gasteiger partial charge in [0.1, 0.15) is 15.9 Å². The molecule has 0 spiro atoms. The van der Waals surface area contributed by atoms with Gasteiger partial charge < -0.3 is 10.1 Å². The van der Waals surface area contributed by atoms with Crippen molar-refractivity contribution < 1.29 is 14.3 Å². The number of ether oxygens (including phenoxy) is 1. The number of para-hydroxylation sites is 1. The summed E-state index contributed by atoms with van der Waals surface area (Å²) in [6.07, 6.45) is 0.183. The van der Waals surface area contributed by atoms with Crippen LogP contribution in [0.25, 0.3) is 5.69 Å². The molecule has 0 aliphatic rings. The van der Waals surface area contributed by atoms with Crippen LogP contribution in [0.3, 0.4) is 0 Å². The first-order chi connectivity index (χ1) is 14.5. The molecular weight excluding hydrogens is 424 g/mol. The van der Waals surface area contributed by atoms with Crippen molar-refractivity contribution in [1.82, 2.24) is 20.2 Å². The molecule has 0 saturated carbocycles. The first-order valence-corrected chi connectivity index (χ1v) is 10.8. The van der Waals surface area contributed by atoms with E-state index in [-0.39, 0.29) is 24.5 Å². The van der Waals surface area contributed by atoms with Gasteiger partial charge in [-0.05, 0) is 42.0 Å². The van der Waals surface area contributed by atoms with Gasteiger partial charge in [-0.25, -0.2) is 4.79 Å². The van der Waals surface area contributed by atoms with Crippen molar-refractivity contribution in [3.05, 3.63) is 46.3 Å². The van der Waals surface area contributed by atoms with Crippen LogP contribution in [0, 0.1) is 18.3 Å². The predicted octanol–water partition coefficient (Wildman–Crippen LogP) is 3.20. The lowest BCUT2D eigenvalue weighted by Gasteiger charge is -2.05. The Morgan fingerprint density at radius 2 is 2.10 bits per heavy atom. The second-order valence-electron chi connectivity index (χ2n) is 5.95. The molecular formula is C19H18N6O3S2. The van der Waals surface area contributed by atoms with E-state index in [2.05, 4.69) is 20.8 Å². The molecule has 1 N–H and O–H groups in total. The summed E-state index contributed by atoms with van der Waals surface area (Å²) in [7, 11) is 0. The minimum absolute atomic E-state index is 0.183. The number of amides is 1. The van der Waals surface area contributed by atoms with Crippen molar-refractivity contribution in [1.29, 1.82) is 5.26 Å². The van der Waals surface area contributed by atoms with Gasteiger partial charge in [0.25, 0.3) is 0 Å². The quantitative estimate of drug-likeness (QED) is 0.417. The first kappa shape index (κ1) is 21.5. The number of rotatable bonds is 8. The number of thiophene rings is 1. The zero-order chi connectivity index (χ0) is 21.5. The van der Waals surface area contributed by atoms with Crippen LogP contribution < -0.4 is 5.32 Å². The lowest BCUT2D eigenvalue weighted by Crippen LogP contribution is -2.12. The molecule has 0 fully saturated rings. The number of anilines is 1. The molecule has 3 rings (SSSR count). The highest BCUT2D eigenvalue weighted by Gasteiger charge is 2.22. The third kappa shape index (κ3) is 4.84. The summed E-state index contributed by atoms with van der Waals surface area (Å²) in [6.45, 7) is 3.61. The van der Waals surface area contributed by atoms with Crippen LogP contribution in [0.4, 0.5) is 5.00 Å². The number of esters is 1. The van der Waals surface area contributed by atoms with Gasteiger partial charge in [-0.3, -0.25) is 4.79 Å². The van der Waals surface area contributed by atoms with Crippen molar-refractivity contribution in [2.24, 2.45) is 0 Å². The van der Waals surface area contributed by atoms with Crippen LogP contribution in [-0.2, 0) is 9.53 Å². The van der Waals surface area contributed by atoms with Crippen LogP contribution in [0.2, 0.25) is 0 Å². The molecule has 0 unspecified atom stereocenters. The minimum atomic E-state index is -0.500. The highest BCUT2D eigenvalue weighted by Crippen LogP contribution is 2.33. The molecule has 0 bridgehead atoms. The maximum absolute atomic E-state index is 12.4. The van der Waals surface area contributed by atoms with E-state index >= 15 is 0 Å². The van der Waals surface area contributed by atoms with Crippen LogP contribution >= 0.6 is 23.1 Å². The van der Waals surface area contributed by atoms with Gasteiger partial charge in [-0.2, -0.15) is 9.94 Å². The first-order valence-electron chi connectivity index (χ1n) is 9.02. The van der Waals surface area contributed by atoms with Gasteiger partial charge in [-0.15, -0.1) is 16.4 Å². The molecule has 2 aromatic heterocycles. The molecule has 0 atom stereocenters. The Kier molecular flexibility index (Phi) is 7.16. The molecule has 30 heavy (non-hydrogen) atoms. The second kappa shape index (κ2) is 10.00. The number of tetrazole rings is 1. The average Bonchev–Trinajstić information content (AvgIpc) is 3.33. The number of carbonyl (C=O) groups is 2. The maximum Gasteiger partial charge on any atom is 0.348 e. The number of aromatic nitrogens is 4. The monoisotopic (exact) mass is 442 g/mol. The van der Waals surface area contributed by atoms with Crippen molar-refractivity contribution in [2.45, 2.75) is 25.4 Å². The standard InChI is InChI=1S/C19H18N6O3S2/c1-3-28-18(27)16-12(2)14(11-20)17(30-16)21-15(26)9-10-29-19-22-23-24-25(19)13-7-5-4-6-8-13/h4-8H,3,9-10H2,1-2H3,(H,21,26). The summed E-state index contributed by atoms with van der Waals surface area (Å²) < 4.78 is 6.61. The predicted molar refractivity (Wildman–Crippen MR) is 113 cm³/mol. The molecule has 2 heterocycles. The summed E-state index contributed by atoms with van der Waals surface area (Å²) in [5, 5.41) is 24.7. The molecule has 0 saturated heterocycles. The number of benzene rings is 1. The van der Waals surface area contributed by atoms with Gasteiger partial charge in [0.05, 0.1) is 17.9 Å². The van der Waals surface area contributed by atoms with E-state index in [1.54, 1.807) is 18.5 Å². The van der Waals surface area contributed by atoms with Crippen molar-refractivity contribution in [3.8, 4) is 11.8 Å². The van der Waals surface area contributed by atoms with Gasteiger partial charge in [0, 0.05) is 12.2 Å². The van der Waals surface area contributed by atoms with Crippen LogP contribution in [0.15, 0.2) is 35.5 Å². The van der Waals surface area contributed by atoms with E-state index in [1.165, 1.54) is 11.8 Å². The number of thioether (sulfide) groups is 1. The Hall–Kier alpha value is -3.23. The molecule has 1 aromatic carbocycles. The summed E-state index contributed by atoms with van der Waals surface area (Å²) in [6, 6.07) is 11.5. The normalized spacial score (nSPS) is 10.4. The molecule has 11 heteroatoms. The maximum atomic E-state index is 12.4. The highest BCUT2D eigenvalue weighted by atomic mass is 32.2. The fourth-order valence-corrected chi connectivity index (χ4v) is 4.45. The fourth-order valence-electron chi connectivity index (χ4n) is 2.55. The third-order valence-corrected chi connectivity index (χ3v) is 6.08. The van der Waals surface area contributed by atoms with Gasteiger partial charge >= 0.3 is 5.97 Å². The number of hydrogen-bond acceptors (Lipinski definition) is 9. The summed E-state index contributed by atoms with van der Waals surface area (Å²) in [5.74, 6) is -0.328. The van der Waals surface area contributed by atoms with Gasteiger partial charge in [0.2, 0.25) is 11.1 Å². The molecule has 3 aromatic rings. The largest absolute Gasteiger partial charge is 0.462 e. The molecule has 0 radical (unpaired) electrons. The average molecular weight is 443 g/mol.